The van der Waals surface area contributed by atoms with Gasteiger partial charge in [-0.25, -0.2) is 4.98 Å². The van der Waals surface area contributed by atoms with Gasteiger partial charge in [-0.1, -0.05) is 19.1 Å². The van der Waals surface area contributed by atoms with Crippen molar-refractivity contribution in [2.75, 3.05) is 34.0 Å². The number of carbonyl (C=O) groups is 1. The lowest BCUT2D eigenvalue weighted by molar-refractivity contribution is -0.135. The number of nitrogens with zero attached hydrogens (tertiary/aromatic N) is 3. The average Bonchev–Trinajstić information content (AvgIpc) is 3.58. The summed E-state index contributed by atoms with van der Waals surface area (Å²) in [6.45, 7) is 4.03. The quantitative estimate of drug-likeness (QED) is 0.541. The maximum Gasteiger partial charge on any atom is 0.261 e. The summed E-state index contributed by atoms with van der Waals surface area (Å²) in [4.78, 5) is 33.1. The van der Waals surface area contributed by atoms with Crippen molar-refractivity contribution in [1.29, 1.82) is 0 Å². The highest BCUT2D eigenvalue weighted by molar-refractivity contribution is 5.81. The van der Waals surface area contributed by atoms with E-state index in [9.17, 15) is 9.59 Å². The van der Waals surface area contributed by atoms with Gasteiger partial charge in [0.05, 0.1) is 30.1 Å². The van der Waals surface area contributed by atoms with Gasteiger partial charge in [0.2, 0.25) is 5.91 Å². The lowest BCUT2D eigenvalue weighted by Gasteiger charge is -2.32. The van der Waals surface area contributed by atoms with Gasteiger partial charge in [-0.3, -0.25) is 14.2 Å². The van der Waals surface area contributed by atoms with E-state index < -0.39 is 0 Å². The first-order valence-electron chi connectivity index (χ1n) is 10.4. The Hall–Kier alpha value is -2.25. The lowest BCUT2D eigenvalue weighted by Crippen LogP contribution is -2.40. The van der Waals surface area contributed by atoms with Crippen LogP contribution in [0.3, 0.4) is 0 Å². The molecule has 1 fully saturated rings. The number of aromatic nitrogens is 2. The van der Waals surface area contributed by atoms with Crippen LogP contribution in [0.2, 0.25) is 0 Å². The Balaban J connectivity index is 2.07. The Labute approximate surface area is 171 Å². The molecule has 0 saturated heterocycles. The zero-order chi connectivity index (χ0) is 20.8. The molecule has 1 aromatic carbocycles. The van der Waals surface area contributed by atoms with Crippen molar-refractivity contribution < 1.29 is 14.3 Å². The van der Waals surface area contributed by atoms with Gasteiger partial charge >= 0.3 is 0 Å². The van der Waals surface area contributed by atoms with Crippen LogP contribution in [0.25, 0.3) is 10.9 Å². The standard InChI is InChI=1S/C22H31N3O4/c1-4-19(24(12-7-14-28-2)21(26)16-10-11-16)20-23-18-9-6-5-8-17(18)22(27)25(20)13-15-29-3/h5-6,8-9,16,19H,4,7,10-15H2,1-3H3. The van der Waals surface area contributed by atoms with Crippen LogP contribution in [0.15, 0.2) is 29.1 Å². The summed E-state index contributed by atoms with van der Waals surface area (Å²) in [5.74, 6) is 0.902. The van der Waals surface area contributed by atoms with Crippen LogP contribution in [0.5, 0.6) is 0 Å². The third-order valence-corrected chi connectivity index (χ3v) is 5.43. The van der Waals surface area contributed by atoms with Gasteiger partial charge in [-0.05, 0) is 37.8 Å². The molecule has 1 aliphatic rings. The Bertz CT molecular complexity index is 891. The van der Waals surface area contributed by atoms with Gasteiger partial charge < -0.3 is 14.4 Å². The second-order valence-corrected chi connectivity index (χ2v) is 7.51. The van der Waals surface area contributed by atoms with Crippen LogP contribution in [-0.2, 0) is 20.8 Å². The van der Waals surface area contributed by atoms with Gasteiger partial charge in [0.1, 0.15) is 5.82 Å². The molecule has 0 bridgehead atoms. The van der Waals surface area contributed by atoms with Crippen molar-refractivity contribution in [3.8, 4) is 0 Å². The Morgan fingerprint density at radius 1 is 1.24 bits per heavy atom. The molecule has 0 N–H and O–H groups in total. The number of rotatable bonds is 11. The van der Waals surface area contributed by atoms with Crippen molar-refractivity contribution in [3.05, 3.63) is 40.4 Å². The fourth-order valence-corrected chi connectivity index (χ4v) is 3.74. The molecule has 1 atom stereocenters. The first kappa shape index (κ1) is 21.5. The Morgan fingerprint density at radius 3 is 2.62 bits per heavy atom. The van der Waals surface area contributed by atoms with E-state index >= 15 is 0 Å². The number of hydrogen-bond donors (Lipinski definition) is 0. The first-order chi connectivity index (χ1) is 14.1. The van der Waals surface area contributed by atoms with Gasteiger partial charge in [0.25, 0.3) is 5.56 Å². The van der Waals surface area contributed by atoms with Crippen LogP contribution in [0.4, 0.5) is 0 Å². The maximum atomic E-state index is 13.2. The third kappa shape index (κ3) is 4.85. The lowest BCUT2D eigenvalue weighted by atomic mass is 10.1. The molecule has 0 aliphatic heterocycles. The van der Waals surface area contributed by atoms with Crippen LogP contribution in [0, 0.1) is 5.92 Å². The van der Waals surface area contributed by atoms with Gasteiger partial charge in [-0.2, -0.15) is 0 Å². The highest BCUT2D eigenvalue weighted by Crippen LogP contribution is 2.35. The minimum absolute atomic E-state index is 0.0863. The molecule has 0 radical (unpaired) electrons. The van der Waals surface area contributed by atoms with Gasteiger partial charge in [-0.15, -0.1) is 0 Å². The molecule has 3 rings (SSSR count). The Kier molecular flexibility index (Phi) is 7.39. The van der Waals surface area contributed by atoms with Crippen LogP contribution in [0.1, 0.15) is 44.5 Å². The highest BCUT2D eigenvalue weighted by Gasteiger charge is 2.37. The number of carbonyl (C=O) groups excluding carboxylic acids is 1. The number of fused-ring (bicyclic) bond motifs is 1. The summed E-state index contributed by atoms with van der Waals surface area (Å²) in [6, 6.07) is 7.12. The maximum absolute atomic E-state index is 13.2. The van der Waals surface area contributed by atoms with E-state index in [1.54, 1.807) is 24.9 Å². The first-order valence-corrected chi connectivity index (χ1v) is 10.4. The fraction of sp³-hybridized carbons (Fsp3) is 0.591. The second-order valence-electron chi connectivity index (χ2n) is 7.51. The zero-order valence-electron chi connectivity index (χ0n) is 17.6. The van der Waals surface area contributed by atoms with Crippen molar-refractivity contribution in [1.82, 2.24) is 14.5 Å². The van der Waals surface area contributed by atoms with E-state index in [1.807, 2.05) is 30.0 Å². The van der Waals surface area contributed by atoms with Crippen LogP contribution < -0.4 is 5.56 Å². The summed E-state index contributed by atoms with van der Waals surface area (Å²) in [6.07, 6.45) is 3.32. The molecule has 158 valence electrons. The SMILES string of the molecule is CCC(c1nc2ccccc2c(=O)n1CCOC)N(CCCOC)C(=O)C1CC1. The molecule has 1 unspecified atom stereocenters. The smallest absolute Gasteiger partial charge is 0.261 e. The van der Waals surface area contributed by atoms with Crippen molar-refractivity contribution in [2.24, 2.45) is 5.92 Å². The zero-order valence-corrected chi connectivity index (χ0v) is 17.6. The third-order valence-electron chi connectivity index (χ3n) is 5.43. The molecule has 1 aromatic heterocycles. The molecular formula is C22H31N3O4. The summed E-state index contributed by atoms with van der Waals surface area (Å²) in [5.41, 5.74) is 0.576. The van der Waals surface area contributed by atoms with Crippen LogP contribution in [-0.4, -0.2) is 54.3 Å². The molecule has 29 heavy (non-hydrogen) atoms. The van der Waals surface area contributed by atoms with Crippen LogP contribution >= 0.6 is 0 Å². The van der Waals surface area contributed by atoms with E-state index in [4.69, 9.17) is 14.5 Å². The molecule has 0 spiro atoms. The molecule has 1 saturated carbocycles. The number of hydrogen-bond acceptors (Lipinski definition) is 5. The number of benzene rings is 1. The fourth-order valence-electron chi connectivity index (χ4n) is 3.74. The molecule has 1 heterocycles. The average molecular weight is 402 g/mol. The minimum Gasteiger partial charge on any atom is -0.385 e. The molecule has 7 nitrogen and oxygen atoms in total. The second kappa shape index (κ2) is 9.98. The van der Waals surface area contributed by atoms with Crippen molar-refractivity contribution >= 4 is 16.8 Å². The summed E-state index contributed by atoms with van der Waals surface area (Å²) in [5, 5.41) is 0.585. The highest BCUT2D eigenvalue weighted by atomic mass is 16.5. The summed E-state index contributed by atoms with van der Waals surface area (Å²) >= 11 is 0. The molecule has 1 aliphatic carbocycles. The summed E-state index contributed by atoms with van der Waals surface area (Å²) < 4.78 is 12.1. The van der Waals surface area contributed by atoms with Crippen molar-refractivity contribution in [3.63, 3.8) is 0 Å². The number of para-hydroxylation sites is 1. The molecule has 1 amide bonds. The minimum atomic E-state index is -0.255. The van der Waals surface area contributed by atoms with Crippen molar-refractivity contribution in [2.45, 2.75) is 45.2 Å². The predicted molar refractivity (Wildman–Crippen MR) is 112 cm³/mol. The van der Waals surface area contributed by atoms with Gasteiger partial charge in [0, 0.05) is 33.3 Å². The van der Waals surface area contributed by atoms with Gasteiger partial charge in [0.15, 0.2) is 0 Å². The van der Waals surface area contributed by atoms with E-state index in [2.05, 4.69) is 0 Å². The summed E-state index contributed by atoms with van der Waals surface area (Å²) in [7, 11) is 3.28. The van der Waals surface area contributed by atoms with E-state index in [-0.39, 0.29) is 23.4 Å². The predicted octanol–water partition coefficient (Wildman–Crippen LogP) is 2.77. The van der Waals surface area contributed by atoms with E-state index in [0.717, 1.165) is 19.3 Å². The molecule has 7 heteroatoms. The number of amides is 1. The largest absolute Gasteiger partial charge is 0.385 e. The topological polar surface area (TPSA) is 73.7 Å². The Morgan fingerprint density at radius 2 is 1.97 bits per heavy atom. The number of methoxy groups -OCH3 is 2. The number of ether oxygens (including phenoxy) is 2. The van der Waals surface area contributed by atoms with E-state index in [1.165, 1.54) is 0 Å². The van der Waals surface area contributed by atoms with E-state index in [0.29, 0.717) is 49.5 Å². The molecular weight excluding hydrogens is 370 g/mol. The monoisotopic (exact) mass is 401 g/mol. The normalized spacial score (nSPS) is 14.9. The molecule has 2 aromatic rings.